The maximum absolute atomic E-state index is 11.7. The lowest BCUT2D eigenvalue weighted by atomic mass is 10.2. The number of amides is 1. The molecule has 1 amide bonds. The van der Waals surface area contributed by atoms with Crippen molar-refractivity contribution in [3.8, 4) is 17.6 Å². The third kappa shape index (κ3) is 4.30. The number of nitriles is 1. The quantitative estimate of drug-likeness (QED) is 0.345. The maximum Gasteiger partial charge on any atom is 0.263 e. The highest BCUT2D eigenvalue weighted by atomic mass is 35.5. The van der Waals surface area contributed by atoms with Gasteiger partial charge in [-0.05, 0) is 24.1 Å². The molecule has 0 radical (unpaired) electrons. The number of benzene rings is 1. The van der Waals surface area contributed by atoms with Gasteiger partial charge in [-0.25, -0.2) is 0 Å². The van der Waals surface area contributed by atoms with E-state index in [2.05, 4.69) is 10.6 Å². The Labute approximate surface area is 133 Å². The molecular formula is C15H16ClN3O3. The van der Waals surface area contributed by atoms with Gasteiger partial charge in [0.2, 0.25) is 6.79 Å². The Hall–Kier alpha value is -2.39. The number of carbonyl (C=O) groups excluding carboxylic acids is 1. The van der Waals surface area contributed by atoms with E-state index in [0.29, 0.717) is 31.1 Å². The highest BCUT2D eigenvalue weighted by molar-refractivity contribution is 6.17. The second kappa shape index (κ2) is 8.15. The monoisotopic (exact) mass is 321 g/mol. The fraction of sp³-hybridized carbons (Fsp3) is 0.333. The van der Waals surface area contributed by atoms with Gasteiger partial charge in [-0.2, -0.15) is 5.26 Å². The molecule has 1 aliphatic rings. The first-order valence-corrected chi connectivity index (χ1v) is 7.34. The zero-order chi connectivity index (χ0) is 15.8. The van der Waals surface area contributed by atoms with E-state index in [4.69, 9.17) is 26.3 Å². The van der Waals surface area contributed by atoms with E-state index in [-0.39, 0.29) is 12.4 Å². The number of rotatable bonds is 7. The molecule has 6 nitrogen and oxygen atoms in total. The average Bonchev–Trinajstić information content (AvgIpc) is 2.99. The van der Waals surface area contributed by atoms with Crippen LogP contribution in [0.5, 0.6) is 11.5 Å². The molecule has 0 spiro atoms. The Morgan fingerprint density at radius 2 is 2.23 bits per heavy atom. The van der Waals surface area contributed by atoms with Crippen LogP contribution in [0.25, 0.3) is 0 Å². The lowest BCUT2D eigenvalue weighted by molar-refractivity contribution is -0.117. The number of carbonyl (C=O) groups is 1. The molecule has 0 aliphatic carbocycles. The molecule has 2 N–H and O–H groups in total. The number of hydrogen-bond acceptors (Lipinski definition) is 5. The zero-order valence-corrected chi connectivity index (χ0v) is 12.7. The van der Waals surface area contributed by atoms with Crippen molar-refractivity contribution in [2.24, 2.45) is 0 Å². The summed E-state index contributed by atoms with van der Waals surface area (Å²) in [7, 11) is 0. The highest BCUT2D eigenvalue weighted by Gasteiger charge is 2.13. The lowest BCUT2D eigenvalue weighted by Gasteiger charge is -2.05. The van der Waals surface area contributed by atoms with E-state index in [9.17, 15) is 4.79 Å². The van der Waals surface area contributed by atoms with Crippen molar-refractivity contribution in [3.63, 3.8) is 0 Å². The second-order valence-electron chi connectivity index (χ2n) is 4.54. The topological polar surface area (TPSA) is 83.4 Å². The summed E-state index contributed by atoms with van der Waals surface area (Å²) in [5.41, 5.74) is 0.982. The number of alkyl halides is 1. The summed E-state index contributed by atoms with van der Waals surface area (Å²) in [5, 5.41) is 14.6. The van der Waals surface area contributed by atoms with Crippen molar-refractivity contribution >= 4 is 17.5 Å². The first kappa shape index (κ1) is 16.0. The molecule has 0 saturated heterocycles. The van der Waals surface area contributed by atoms with Crippen LogP contribution in [0.4, 0.5) is 0 Å². The summed E-state index contributed by atoms with van der Waals surface area (Å²) in [6.45, 7) is 1.15. The fourth-order valence-corrected chi connectivity index (χ4v) is 1.97. The minimum atomic E-state index is -0.411. The minimum Gasteiger partial charge on any atom is -0.454 e. The molecule has 7 heteroatoms. The van der Waals surface area contributed by atoms with Crippen LogP contribution in [0.2, 0.25) is 0 Å². The SMILES string of the molecule is N#C/C(=C/NCc1ccc2c(c1)OCO2)C(=O)NCCCCl. The van der Waals surface area contributed by atoms with E-state index in [0.717, 1.165) is 11.3 Å². The number of halogens is 1. The van der Waals surface area contributed by atoms with Gasteiger partial charge in [0.1, 0.15) is 11.6 Å². The molecule has 2 rings (SSSR count). The first-order valence-electron chi connectivity index (χ1n) is 6.81. The van der Waals surface area contributed by atoms with E-state index < -0.39 is 5.91 Å². The molecule has 1 aliphatic heterocycles. The average molecular weight is 322 g/mol. The molecule has 22 heavy (non-hydrogen) atoms. The van der Waals surface area contributed by atoms with Crippen molar-refractivity contribution in [1.82, 2.24) is 10.6 Å². The first-order chi connectivity index (χ1) is 10.7. The number of nitrogens with zero attached hydrogens (tertiary/aromatic N) is 1. The predicted octanol–water partition coefficient (Wildman–Crippen LogP) is 1.66. The molecule has 0 atom stereocenters. The minimum absolute atomic E-state index is 0.0234. The predicted molar refractivity (Wildman–Crippen MR) is 81.4 cm³/mol. The molecule has 0 saturated carbocycles. The maximum atomic E-state index is 11.7. The van der Waals surface area contributed by atoms with Crippen molar-refractivity contribution in [1.29, 1.82) is 5.26 Å². The Morgan fingerprint density at radius 3 is 3.00 bits per heavy atom. The number of fused-ring (bicyclic) bond motifs is 1. The van der Waals surface area contributed by atoms with Gasteiger partial charge < -0.3 is 20.1 Å². The zero-order valence-electron chi connectivity index (χ0n) is 11.9. The van der Waals surface area contributed by atoms with Gasteiger partial charge in [-0.15, -0.1) is 11.6 Å². The van der Waals surface area contributed by atoms with Gasteiger partial charge >= 0.3 is 0 Å². The number of nitrogens with one attached hydrogen (secondary N) is 2. The molecule has 0 fully saturated rings. The molecular weight excluding hydrogens is 306 g/mol. The van der Waals surface area contributed by atoms with Crippen LogP contribution in [0.15, 0.2) is 30.0 Å². The van der Waals surface area contributed by atoms with Crippen molar-refractivity contribution in [2.75, 3.05) is 19.2 Å². The third-order valence-electron chi connectivity index (χ3n) is 2.95. The summed E-state index contributed by atoms with van der Waals surface area (Å²) in [4.78, 5) is 11.7. The Bertz CT molecular complexity index is 611. The van der Waals surface area contributed by atoms with Crippen LogP contribution >= 0.6 is 11.6 Å². The van der Waals surface area contributed by atoms with Crippen molar-refractivity contribution < 1.29 is 14.3 Å². The molecule has 0 aromatic heterocycles. The number of ether oxygens (including phenoxy) is 2. The van der Waals surface area contributed by atoms with E-state index in [1.165, 1.54) is 6.20 Å². The van der Waals surface area contributed by atoms with Gasteiger partial charge in [0.25, 0.3) is 5.91 Å². The van der Waals surface area contributed by atoms with E-state index >= 15 is 0 Å². The van der Waals surface area contributed by atoms with Crippen LogP contribution in [-0.4, -0.2) is 25.1 Å². The fourth-order valence-electron chi connectivity index (χ4n) is 1.83. The Kier molecular flexibility index (Phi) is 5.92. The molecule has 0 unspecified atom stereocenters. The molecule has 1 aromatic rings. The van der Waals surface area contributed by atoms with Crippen LogP contribution in [-0.2, 0) is 11.3 Å². The molecule has 1 heterocycles. The van der Waals surface area contributed by atoms with Gasteiger partial charge in [0, 0.05) is 25.2 Å². The largest absolute Gasteiger partial charge is 0.454 e. The van der Waals surface area contributed by atoms with Gasteiger partial charge in [-0.3, -0.25) is 4.79 Å². The number of hydrogen-bond donors (Lipinski definition) is 2. The summed E-state index contributed by atoms with van der Waals surface area (Å²) in [6.07, 6.45) is 2.07. The lowest BCUT2D eigenvalue weighted by Crippen LogP contribution is -2.26. The van der Waals surface area contributed by atoms with Gasteiger partial charge in [0.05, 0.1) is 0 Å². The summed E-state index contributed by atoms with van der Waals surface area (Å²) in [6, 6.07) is 7.44. The van der Waals surface area contributed by atoms with Crippen LogP contribution in [0, 0.1) is 11.3 Å². The molecule has 1 aromatic carbocycles. The third-order valence-corrected chi connectivity index (χ3v) is 3.22. The normalized spacial score (nSPS) is 12.6. The summed E-state index contributed by atoms with van der Waals surface area (Å²) >= 11 is 5.53. The second-order valence-corrected chi connectivity index (χ2v) is 4.91. The van der Waals surface area contributed by atoms with Crippen LogP contribution < -0.4 is 20.1 Å². The van der Waals surface area contributed by atoms with Crippen molar-refractivity contribution in [3.05, 3.63) is 35.5 Å². The molecule has 0 bridgehead atoms. The summed E-state index contributed by atoms with van der Waals surface area (Å²) < 4.78 is 10.5. The Balaban J connectivity index is 1.87. The van der Waals surface area contributed by atoms with Crippen LogP contribution in [0.3, 0.4) is 0 Å². The standard InChI is InChI=1S/C15H16ClN3O3/c16-4-1-5-19-15(20)12(7-17)9-18-8-11-2-3-13-14(6-11)22-10-21-13/h2-3,6,9,18H,1,4-5,8,10H2,(H,19,20)/b12-9-. The molecule has 116 valence electrons. The van der Waals surface area contributed by atoms with E-state index in [1.807, 2.05) is 24.3 Å². The highest BCUT2D eigenvalue weighted by Crippen LogP contribution is 2.32. The smallest absolute Gasteiger partial charge is 0.263 e. The van der Waals surface area contributed by atoms with Crippen LogP contribution in [0.1, 0.15) is 12.0 Å². The van der Waals surface area contributed by atoms with Gasteiger partial charge in [0.15, 0.2) is 11.5 Å². The van der Waals surface area contributed by atoms with Crippen molar-refractivity contribution in [2.45, 2.75) is 13.0 Å². The Morgan fingerprint density at radius 1 is 1.41 bits per heavy atom. The van der Waals surface area contributed by atoms with E-state index in [1.54, 1.807) is 0 Å². The summed E-state index contributed by atoms with van der Waals surface area (Å²) in [5.74, 6) is 1.47. The van der Waals surface area contributed by atoms with Gasteiger partial charge in [-0.1, -0.05) is 6.07 Å².